The summed E-state index contributed by atoms with van der Waals surface area (Å²) in [6.07, 6.45) is 2.45. The van der Waals surface area contributed by atoms with Gasteiger partial charge in [0.25, 0.3) is 11.8 Å². The molecule has 0 aliphatic heterocycles. The van der Waals surface area contributed by atoms with Crippen molar-refractivity contribution in [2.75, 3.05) is 5.32 Å². The topological polar surface area (TPSA) is 146 Å². The van der Waals surface area contributed by atoms with Gasteiger partial charge in [0, 0.05) is 30.1 Å². The van der Waals surface area contributed by atoms with Crippen molar-refractivity contribution < 1.29 is 29.4 Å². The van der Waals surface area contributed by atoms with Crippen molar-refractivity contribution in [1.82, 2.24) is 10.3 Å². The van der Waals surface area contributed by atoms with E-state index in [1.165, 1.54) is 12.3 Å². The van der Waals surface area contributed by atoms with E-state index in [0.717, 1.165) is 17.3 Å². The molecule has 0 spiro atoms. The third kappa shape index (κ3) is 5.63. The zero-order valence-electron chi connectivity index (χ0n) is 18.5. The summed E-state index contributed by atoms with van der Waals surface area (Å²) < 4.78 is 0. The molecule has 1 aromatic heterocycles. The molecule has 3 aromatic rings. The Hall–Kier alpha value is -4.53. The van der Waals surface area contributed by atoms with Crippen LogP contribution in [0.2, 0.25) is 0 Å². The number of aromatic nitrogens is 1. The molecule has 0 saturated carbocycles. The average molecular weight is 461 g/mol. The number of rotatable bonds is 8. The van der Waals surface area contributed by atoms with Crippen molar-refractivity contribution in [3.63, 3.8) is 0 Å². The van der Waals surface area contributed by atoms with Crippen LogP contribution in [0.4, 0.5) is 5.69 Å². The SMILES string of the molecule is Cc1cccc(C)c1C(=O)N[C@@H](Cc1ccc(NC(=O)c2ccncc2C(=O)O)cc1)C(=O)O. The van der Waals surface area contributed by atoms with Crippen molar-refractivity contribution in [1.29, 1.82) is 0 Å². The lowest BCUT2D eigenvalue weighted by Crippen LogP contribution is -2.42. The van der Waals surface area contributed by atoms with Gasteiger partial charge in [-0.15, -0.1) is 0 Å². The highest BCUT2D eigenvalue weighted by Crippen LogP contribution is 2.16. The number of hydrogen-bond donors (Lipinski definition) is 4. The smallest absolute Gasteiger partial charge is 0.338 e. The van der Waals surface area contributed by atoms with Crippen LogP contribution in [0, 0.1) is 13.8 Å². The van der Waals surface area contributed by atoms with Crippen molar-refractivity contribution >= 4 is 29.4 Å². The van der Waals surface area contributed by atoms with E-state index >= 15 is 0 Å². The predicted octanol–water partition coefficient (Wildman–Crippen LogP) is 3.07. The number of aliphatic carboxylic acids is 1. The number of amides is 2. The zero-order chi connectivity index (χ0) is 24.8. The molecule has 3 rings (SSSR count). The van der Waals surface area contributed by atoms with E-state index in [0.29, 0.717) is 16.8 Å². The molecule has 9 nitrogen and oxygen atoms in total. The maximum Gasteiger partial charge on any atom is 0.338 e. The number of aromatic carboxylic acids is 1. The fraction of sp³-hybridized carbons (Fsp3) is 0.160. The Morgan fingerprint density at radius 3 is 2.12 bits per heavy atom. The van der Waals surface area contributed by atoms with Gasteiger partial charge in [-0.05, 0) is 48.7 Å². The lowest BCUT2D eigenvalue weighted by molar-refractivity contribution is -0.139. The van der Waals surface area contributed by atoms with Crippen molar-refractivity contribution in [2.24, 2.45) is 0 Å². The molecule has 0 fully saturated rings. The molecule has 9 heteroatoms. The second kappa shape index (κ2) is 10.4. The van der Waals surface area contributed by atoms with Gasteiger partial charge in [-0.3, -0.25) is 14.6 Å². The Morgan fingerprint density at radius 1 is 0.882 bits per heavy atom. The number of pyridine rings is 1. The van der Waals surface area contributed by atoms with E-state index < -0.39 is 29.8 Å². The van der Waals surface area contributed by atoms with E-state index in [1.807, 2.05) is 6.07 Å². The molecule has 4 N–H and O–H groups in total. The van der Waals surface area contributed by atoms with E-state index in [4.69, 9.17) is 0 Å². The summed E-state index contributed by atoms with van der Waals surface area (Å²) in [6, 6.07) is 12.0. The molecule has 1 atom stereocenters. The highest BCUT2D eigenvalue weighted by atomic mass is 16.4. The number of hydrogen-bond acceptors (Lipinski definition) is 5. The maximum absolute atomic E-state index is 12.7. The van der Waals surface area contributed by atoms with Gasteiger partial charge in [0.2, 0.25) is 0 Å². The molecule has 174 valence electrons. The second-order valence-corrected chi connectivity index (χ2v) is 7.71. The molecule has 0 saturated heterocycles. The Balaban J connectivity index is 1.70. The first-order valence-electron chi connectivity index (χ1n) is 10.3. The van der Waals surface area contributed by atoms with E-state index in [9.17, 15) is 29.4 Å². The largest absolute Gasteiger partial charge is 0.480 e. The van der Waals surface area contributed by atoms with Gasteiger partial charge in [-0.25, -0.2) is 9.59 Å². The molecule has 34 heavy (non-hydrogen) atoms. The van der Waals surface area contributed by atoms with Crippen LogP contribution < -0.4 is 10.6 Å². The second-order valence-electron chi connectivity index (χ2n) is 7.71. The molecule has 2 amide bonds. The summed E-state index contributed by atoms with van der Waals surface area (Å²) in [4.78, 5) is 52.0. The van der Waals surface area contributed by atoms with E-state index in [1.54, 1.807) is 50.2 Å². The number of carbonyl (C=O) groups is 4. The monoisotopic (exact) mass is 461 g/mol. The lowest BCUT2D eigenvalue weighted by Gasteiger charge is -2.17. The number of aryl methyl sites for hydroxylation is 2. The number of nitrogens with one attached hydrogen (secondary N) is 2. The zero-order valence-corrected chi connectivity index (χ0v) is 18.5. The van der Waals surface area contributed by atoms with Gasteiger partial charge in [0.1, 0.15) is 6.04 Å². The summed E-state index contributed by atoms with van der Waals surface area (Å²) in [5, 5.41) is 24.0. The molecule has 1 heterocycles. The standard InChI is InChI=1S/C25H23N3O6/c1-14-4-3-5-15(2)21(14)23(30)28-20(25(33)34)12-16-6-8-17(9-7-16)27-22(29)18-10-11-26-13-19(18)24(31)32/h3-11,13,20H,12H2,1-2H3,(H,27,29)(H,28,30)(H,31,32)(H,33,34)/t20-/m0/s1. The van der Waals surface area contributed by atoms with Crippen LogP contribution in [0.1, 0.15) is 47.8 Å². The number of carboxylic acid groups (broad SMARTS) is 2. The molecule has 0 aliphatic rings. The van der Waals surface area contributed by atoms with Gasteiger partial charge >= 0.3 is 11.9 Å². The van der Waals surface area contributed by atoms with Gasteiger partial charge < -0.3 is 20.8 Å². The molecule has 0 bridgehead atoms. The minimum absolute atomic E-state index is 0.0354. The van der Waals surface area contributed by atoms with Crippen LogP contribution in [0.3, 0.4) is 0 Å². The predicted molar refractivity (Wildman–Crippen MR) is 124 cm³/mol. The molecular weight excluding hydrogens is 438 g/mol. The normalized spacial score (nSPS) is 11.4. The lowest BCUT2D eigenvalue weighted by atomic mass is 10.0. The highest BCUT2D eigenvalue weighted by Gasteiger charge is 2.23. The summed E-state index contributed by atoms with van der Waals surface area (Å²) in [7, 11) is 0. The van der Waals surface area contributed by atoms with Gasteiger partial charge in [-0.2, -0.15) is 0 Å². The van der Waals surface area contributed by atoms with Crippen LogP contribution >= 0.6 is 0 Å². The summed E-state index contributed by atoms with van der Waals surface area (Å²) in [5.41, 5.74) is 2.72. The quantitative estimate of drug-likeness (QED) is 0.403. The van der Waals surface area contributed by atoms with Crippen molar-refractivity contribution in [3.05, 3.63) is 94.3 Å². The molecule has 2 aromatic carbocycles. The van der Waals surface area contributed by atoms with E-state index in [-0.39, 0.29) is 17.5 Å². The number of benzene rings is 2. The van der Waals surface area contributed by atoms with Crippen LogP contribution in [-0.2, 0) is 11.2 Å². The third-order valence-electron chi connectivity index (χ3n) is 5.26. The average Bonchev–Trinajstić information content (AvgIpc) is 2.79. The first-order valence-corrected chi connectivity index (χ1v) is 10.3. The van der Waals surface area contributed by atoms with Gasteiger partial charge in [0.05, 0.1) is 11.1 Å². The fourth-order valence-electron chi connectivity index (χ4n) is 3.52. The highest BCUT2D eigenvalue weighted by molar-refractivity contribution is 6.10. The summed E-state index contributed by atoms with van der Waals surface area (Å²) in [6.45, 7) is 3.58. The van der Waals surface area contributed by atoms with Gasteiger partial charge in [0.15, 0.2) is 0 Å². The van der Waals surface area contributed by atoms with Crippen LogP contribution in [0.25, 0.3) is 0 Å². The molecular formula is C25H23N3O6. The Labute approximate surface area is 195 Å². The molecule has 0 radical (unpaired) electrons. The summed E-state index contributed by atoms with van der Waals surface area (Å²) in [5.74, 6) is -3.51. The van der Waals surface area contributed by atoms with E-state index in [2.05, 4.69) is 15.6 Å². The number of anilines is 1. The Morgan fingerprint density at radius 2 is 1.53 bits per heavy atom. The first kappa shape index (κ1) is 24.1. The molecule has 0 unspecified atom stereocenters. The Kier molecular flexibility index (Phi) is 7.37. The summed E-state index contributed by atoms with van der Waals surface area (Å²) >= 11 is 0. The number of carbonyl (C=O) groups excluding carboxylic acids is 2. The Bertz CT molecular complexity index is 1230. The third-order valence-corrected chi connectivity index (χ3v) is 5.26. The fourth-order valence-corrected chi connectivity index (χ4v) is 3.52. The first-order chi connectivity index (χ1) is 16.2. The number of nitrogens with zero attached hydrogens (tertiary/aromatic N) is 1. The van der Waals surface area contributed by atoms with Crippen molar-refractivity contribution in [2.45, 2.75) is 26.3 Å². The number of carboxylic acids is 2. The molecule has 0 aliphatic carbocycles. The van der Waals surface area contributed by atoms with Gasteiger partial charge in [-0.1, -0.05) is 30.3 Å². The minimum Gasteiger partial charge on any atom is -0.480 e. The maximum atomic E-state index is 12.7. The van der Waals surface area contributed by atoms with Crippen LogP contribution in [0.15, 0.2) is 60.9 Å². The minimum atomic E-state index is -1.27. The van der Waals surface area contributed by atoms with Crippen LogP contribution in [-0.4, -0.2) is 45.0 Å². The van der Waals surface area contributed by atoms with Crippen molar-refractivity contribution in [3.8, 4) is 0 Å². The van der Waals surface area contributed by atoms with Crippen LogP contribution in [0.5, 0.6) is 0 Å².